The molecule has 106 valence electrons. The van der Waals surface area contributed by atoms with Gasteiger partial charge in [0.15, 0.2) is 11.0 Å². The van der Waals surface area contributed by atoms with E-state index in [1.807, 2.05) is 11.8 Å². The molecule has 0 amide bonds. The van der Waals surface area contributed by atoms with E-state index in [0.29, 0.717) is 6.04 Å². The maximum Gasteiger partial charge on any atom is 0.191 e. The second kappa shape index (κ2) is 5.83. The predicted molar refractivity (Wildman–Crippen MR) is 76.1 cm³/mol. The maximum absolute atomic E-state index is 9.33. The summed E-state index contributed by atoms with van der Waals surface area (Å²) in [4.78, 5) is 0. The lowest BCUT2D eigenvalue weighted by Crippen LogP contribution is -2.15. The van der Waals surface area contributed by atoms with Gasteiger partial charge in [0, 0.05) is 11.8 Å². The van der Waals surface area contributed by atoms with Gasteiger partial charge in [-0.2, -0.15) is 0 Å². The topological polar surface area (TPSA) is 50.9 Å². The SMILES string of the molecule is C[C@H]1CCC[C@@H](CSc2nnc(CO)n2C2CC2)C1. The van der Waals surface area contributed by atoms with Gasteiger partial charge in [-0.3, -0.25) is 0 Å². The highest BCUT2D eigenvalue weighted by Crippen LogP contribution is 2.40. The fourth-order valence-corrected chi connectivity index (χ4v) is 4.30. The summed E-state index contributed by atoms with van der Waals surface area (Å²) in [6.45, 7) is 2.37. The van der Waals surface area contributed by atoms with Crippen molar-refractivity contribution >= 4 is 11.8 Å². The Hall–Kier alpha value is -0.550. The van der Waals surface area contributed by atoms with Gasteiger partial charge in [-0.1, -0.05) is 31.5 Å². The zero-order valence-corrected chi connectivity index (χ0v) is 12.4. The molecule has 1 heterocycles. The van der Waals surface area contributed by atoms with Crippen molar-refractivity contribution in [1.82, 2.24) is 14.8 Å². The number of nitrogens with zero attached hydrogens (tertiary/aromatic N) is 3. The first-order valence-corrected chi connectivity index (χ1v) is 8.44. The normalized spacial score (nSPS) is 27.7. The van der Waals surface area contributed by atoms with Crippen LogP contribution in [0.15, 0.2) is 5.16 Å². The van der Waals surface area contributed by atoms with Crippen LogP contribution in [-0.4, -0.2) is 25.6 Å². The fraction of sp³-hybridized carbons (Fsp3) is 0.857. The summed E-state index contributed by atoms with van der Waals surface area (Å²) in [7, 11) is 0. The molecule has 2 atom stereocenters. The molecule has 4 nitrogen and oxygen atoms in total. The number of aliphatic hydroxyl groups excluding tert-OH is 1. The van der Waals surface area contributed by atoms with Crippen molar-refractivity contribution in [1.29, 1.82) is 0 Å². The van der Waals surface area contributed by atoms with Crippen molar-refractivity contribution in [2.75, 3.05) is 5.75 Å². The molecule has 2 fully saturated rings. The van der Waals surface area contributed by atoms with Crippen molar-refractivity contribution in [2.24, 2.45) is 11.8 Å². The molecule has 1 aromatic heterocycles. The minimum absolute atomic E-state index is 0.00449. The number of thioether (sulfide) groups is 1. The highest BCUT2D eigenvalue weighted by Gasteiger charge is 2.29. The Morgan fingerprint density at radius 3 is 2.79 bits per heavy atom. The van der Waals surface area contributed by atoms with Gasteiger partial charge in [-0.25, -0.2) is 0 Å². The van der Waals surface area contributed by atoms with Crippen molar-refractivity contribution in [2.45, 2.75) is 63.3 Å². The van der Waals surface area contributed by atoms with Crippen LogP contribution in [-0.2, 0) is 6.61 Å². The number of hydrogen-bond acceptors (Lipinski definition) is 4. The molecular weight excluding hydrogens is 258 g/mol. The van der Waals surface area contributed by atoms with E-state index in [9.17, 15) is 5.11 Å². The zero-order chi connectivity index (χ0) is 13.2. The van der Waals surface area contributed by atoms with Crippen LogP contribution in [0.1, 0.15) is 57.3 Å². The minimum atomic E-state index is 0.00449. The molecule has 2 aliphatic rings. The van der Waals surface area contributed by atoms with Crippen LogP contribution >= 0.6 is 11.8 Å². The minimum Gasteiger partial charge on any atom is -0.388 e. The molecule has 5 heteroatoms. The summed E-state index contributed by atoms with van der Waals surface area (Å²) in [5.74, 6) is 3.60. The number of aliphatic hydroxyl groups is 1. The average Bonchev–Trinajstić information content (AvgIpc) is 3.17. The van der Waals surface area contributed by atoms with E-state index in [4.69, 9.17) is 0 Å². The van der Waals surface area contributed by atoms with Crippen LogP contribution < -0.4 is 0 Å². The molecule has 0 unspecified atom stereocenters. The molecule has 2 aliphatic carbocycles. The van der Waals surface area contributed by atoms with Crippen molar-refractivity contribution in [3.8, 4) is 0 Å². The van der Waals surface area contributed by atoms with Gasteiger partial charge in [0.1, 0.15) is 6.61 Å². The second-order valence-corrected chi connectivity index (χ2v) is 7.09. The molecule has 0 bridgehead atoms. The third-order valence-electron chi connectivity index (χ3n) is 4.28. The lowest BCUT2D eigenvalue weighted by atomic mass is 9.83. The Bertz CT molecular complexity index is 430. The van der Waals surface area contributed by atoms with E-state index >= 15 is 0 Å². The van der Waals surface area contributed by atoms with Crippen LogP contribution in [0, 0.1) is 11.8 Å². The third kappa shape index (κ3) is 3.14. The van der Waals surface area contributed by atoms with Gasteiger partial charge in [0.05, 0.1) is 0 Å². The Balaban J connectivity index is 1.61. The first-order valence-electron chi connectivity index (χ1n) is 7.45. The molecule has 0 aliphatic heterocycles. The largest absolute Gasteiger partial charge is 0.388 e. The van der Waals surface area contributed by atoms with Crippen LogP contribution in [0.5, 0.6) is 0 Å². The predicted octanol–water partition coefficient (Wildman–Crippen LogP) is 3.02. The summed E-state index contributed by atoms with van der Waals surface area (Å²) < 4.78 is 2.16. The number of hydrogen-bond donors (Lipinski definition) is 1. The van der Waals surface area contributed by atoms with Gasteiger partial charge in [-0.15, -0.1) is 10.2 Å². The maximum atomic E-state index is 9.33. The Labute approximate surface area is 119 Å². The summed E-state index contributed by atoms with van der Waals surface area (Å²) in [6, 6.07) is 0.546. The van der Waals surface area contributed by atoms with E-state index in [1.165, 1.54) is 38.5 Å². The summed E-state index contributed by atoms with van der Waals surface area (Å²) >= 11 is 1.84. The zero-order valence-electron chi connectivity index (χ0n) is 11.6. The van der Waals surface area contributed by atoms with Crippen LogP contribution in [0.25, 0.3) is 0 Å². The second-order valence-electron chi connectivity index (χ2n) is 6.11. The lowest BCUT2D eigenvalue weighted by molar-refractivity contribution is 0.263. The van der Waals surface area contributed by atoms with E-state index in [0.717, 1.165) is 28.6 Å². The Morgan fingerprint density at radius 2 is 2.11 bits per heavy atom. The van der Waals surface area contributed by atoms with Gasteiger partial charge in [-0.05, 0) is 37.5 Å². The summed E-state index contributed by atoms with van der Waals surface area (Å²) in [6.07, 6.45) is 7.91. The van der Waals surface area contributed by atoms with Crippen LogP contribution in [0.4, 0.5) is 0 Å². The van der Waals surface area contributed by atoms with Crippen molar-refractivity contribution in [3.63, 3.8) is 0 Å². The number of aromatic nitrogens is 3. The van der Waals surface area contributed by atoms with Crippen molar-refractivity contribution < 1.29 is 5.11 Å². The molecule has 0 saturated heterocycles. The highest BCUT2D eigenvalue weighted by atomic mass is 32.2. The summed E-state index contributed by atoms with van der Waals surface area (Å²) in [5, 5.41) is 18.7. The molecule has 19 heavy (non-hydrogen) atoms. The van der Waals surface area contributed by atoms with E-state index in [-0.39, 0.29) is 6.61 Å². The average molecular weight is 281 g/mol. The standard InChI is InChI=1S/C14H23N3OS/c1-10-3-2-4-11(7-10)9-19-14-16-15-13(8-18)17(14)12-5-6-12/h10-12,18H,2-9H2,1H3/t10-,11+/m0/s1. The van der Waals surface area contributed by atoms with E-state index in [1.54, 1.807) is 0 Å². The van der Waals surface area contributed by atoms with E-state index in [2.05, 4.69) is 21.7 Å². The first-order chi connectivity index (χ1) is 9.28. The molecule has 1 N–H and O–H groups in total. The van der Waals surface area contributed by atoms with Gasteiger partial charge in [0.25, 0.3) is 0 Å². The van der Waals surface area contributed by atoms with Crippen LogP contribution in [0.3, 0.4) is 0 Å². The Kier molecular flexibility index (Phi) is 4.12. The highest BCUT2D eigenvalue weighted by molar-refractivity contribution is 7.99. The quantitative estimate of drug-likeness (QED) is 0.843. The molecule has 0 radical (unpaired) electrons. The molecule has 2 saturated carbocycles. The van der Waals surface area contributed by atoms with Gasteiger partial charge in [0.2, 0.25) is 0 Å². The molecule has 3 rings (SSSR count). The number of rotatable bonds is 5. The van der Waals surface area contributed by atoms with Crippen molar-refractivity contribution in [3.05, 3.63) is 5.82 Å². The third-order valence-corrected chi connectivity index (χ3v) is 5.46. The van der Waals surface area contributed by atoms with Crippen LogP contribution in [0.2, 0.25) is 0 Å². The van der Waals surface area contributed by atoms with Gasteiger partial charge < -0.3 is 9.67 Å². The first kappa shape index (κ1) is 13.4. The van der Waals surface area contributed by atoms with E-state index < -0.39 is 0 Å². The molecule has 0 aromatic carbocycles. The smallest absolute Gasteiger partial charge is 0.191 e. The van der Waals surface area contributed by atoms with Gasteiger partial charge >= 0.3 is 0 Å². The molecular formula is C14H23N3OS. The summed E-state index contributed by atoms with van der Waals surface area (Å²) in [5.41, 5.74) is 0. The fourth-order valence-electron chi connectivity index (χ4n) is 3.12. The Morgan fingerprint density at radius 1 is 1.26 bits per heavy atom. The molecule has 1 aromatic rings. The monoisotopic (exact) mass is 281 g/mol. The molecule has 0 spiro atoms. The lowest BCUT2D eigenvalue weighted by Gasteiger charge is -2.26.